The number of thiophene rings is 1. The van der Waals surface area contributed by atoms with Crippen molar-refractivity contribution in [1.29, 1.82) is 0 Å². The Balaban J connectivity index is 0.919. The van der Waals surface area contributed by atoms with Gasteiger partial charge in [0.2, 0.25) is 0 Å². The molecule has 1 aromatic heterocycles. The predicted octanol–water partition coefficient (Wildman–Crippen LogP) is 5.68. The predicted molar refractivity (Wildman–Crippen MR) is 186 cm³/mol. The first-order valence-corrected chi connectivity index (χ1v) is 17.2. The molecule has 6 nitrogen and oxygen atoms in total. The van der Waals surface area contributed by atoms with Crippen LogP contribution in [0.15, 0.2) is 120 Å². The molecule has 2 fully saturated rings. The Labute approximate surface area is 271 Å². The zero-order valence-corrected chi connectivity index (χ0v) is 26.7. The zero-order chi connectivity index (χ0) is 30.6. The van der Waals surface area contributed by atoms with Gasteiger partial charge in [-0.1, -0.05) is 72.9 Å². The molecular weight excluding hydrogens is 577 g/mol. The minimum Gasteiger partial charge on any atom is -0.387 e. The third kappa shape index (κ3) is 6.88. The van der Waals surface area contributed by atoms with Crippen molar-refractivity contribution in [3.05, 3.63) is 130 Å². The van der Waals surface area contributed by atoms with Gasteiger partial charge in [0.25, 0.3) is 0 Å². The standard InChI is InChI=1S/C38H44N4O2S/c43-37(33-15-7-9-29(33)27-39-19-23-41(24-20-39)31-11-3-1-4-12-31)35-17-18-36(45-35)38(44)34-16-8-10-30(34)28-40-21-25-42(26-22-40)32-13-5-2-6-14-32/h1-18,33-34,37-38,43-44H,19-28H2. The van der Waals surface area contributed by atoms with Crippen LogP contribution in [0.1, 0.15) is 22.0 Å². The van der Waals surface area contributed by atoms with Crippen molar-refractivity contribution in [2.75, 3.05) is 75.2 Å². The van der Waals surface area contributed by atoms with E-state index in [9.17, 15) is 10.2 Å². The van der Waals surface area contributed by atoms with Crippen LogP contribution in [-0.2, 0) is 0 Å². The molecule has 7 rings (SSSR count). The molecule has 0 radical (unpaired) electrons. The van der Waals surface area contributed by atoms with E-state index in [4.69, 9.17) is 0 Å². The summed E-state index contributed by atoms with van der Waals surface area (Å²) in [4.78, 5) is 11.8. The fourth-order valence-electron chi connectivity index (χ4n) is 7.16. The van der Waals surface area contributed by atoms with Crippen molar-refractivity contribution in [3.63, 3.8) is 0 Å². The molecule has 0 saturated carbocycles. The van der Waals surface area contributed by atoms with Gasteiger partial charge in [-0.25, -0.2) is 0 Å². The highest BCUT2D eigenvalue weighted by molar-refractivity contribution is 7.12. The molecule has 2 aliphatic heterocycles. The average Bonchev–Trinajstić information content (AvgIpc) is 3.88. The lowest BCUT2D eigenvalue weighted by Gasteiger charge is -2.37. The number of aliphatic hydroxyl groups excluding tert-OH is 2. The molecule has 234 valence electrons. The normalized spacial score (nSPS) is 23.8. The molecule has 4 aliphatic rings. The second-order valence-electron chi connectivity index (χ2n) is 12.6. The highest BCUT2D eigenvalue weighted by Crippen LogP contribution is 2.41. The number of anilines is 2. The molecule has 3 heterocycles. The number of rotatable bonds is 10. The van der Waals surface area contributed by atoms with Crippen LogP contribution < -0.4 is 9.80 Å². The molecule has 4 atom stereocenters. The molecule has 0 bridgehead atoms. The molecule has 2 saturated heterocycles. The van der Waals surface area contributed by atoms with Gasteiger partial charge in [0.1, 0.15) is 0 Å². The molecule has 3 aromatic rings. The van der Waals surface area contributed by atoms with Gasteiger partial charge in [0.15, 0.2) is 0 Å². The van der Waals surface area contributed by atoms with Crippen LogP contribution in [0, 0.1) is 11.8 Å². The van der Waals surface area contributed by atoms with E-state index >= 15 is 0 Å². The van der Waals surface area contributed by atoms with Crippen LogP contribution in [0.25, 0.3) is 0 Å². The number of allylic oxidation sites excluding steroid dienone is 4. The Morgan fingerprint density at radius 1 is 0.556 bits per heavy atom. The Morgan fingerprint density at radius 3 is 1.36 bits per heavy atom. The van der Waals surface area contributed by atoms with Crippen molar-refractivity contribution >= 4 is 22.7 Å². The lowest BCUT2D eigenvalue weighted by Crippen LogP contribution is -2.47. The number of aliphatic hydroxyl groups is 2. The summed E-state index contributed by atoms with van der Waals surface area (Å²) in [7, 11) is 0. The van der Waals surface area contributed by atoms with Crippen molar-refractivity contribution < 1.29 is 10.2 Å². The maximum absolute atomic E-state index is 11.5. The van der Waals surface area contributed by atoms with Crippen LogP contribution in [0.2, 0.25) is 0 Å². The van der Waals surface area contributed by atoms with Gasteiger partial charge in [-0.05, 0) is 47.5 Å². The summed E-state index contributed by atoms with van der Waals surface area (Å²) in [6, 6.07) is 25.3. The van der Waals surface area contributed by atoms with E-state index in [-0.39, 0.29) is 11.8 Å². The van der Waals surface area contributed by atoms with E-state index in [1.165, 1.54) is 22.5 Å². The van der Waals surface area contributed by atoms with Gasteiger partial charge in [0, 0.05) is 98.4 Å². The van der Waals surface area contributed by atoms with Crippen LogP contribution in [0.5, 0.6) is 0 Å². The lowest BCUT2D eigenvalue weighted by molar-refractivity contribution is 0.144. The number of hydrogen-bond acceptors (Lipinski definition) is 7. The van der Waals surface area contributed by atoms with E-state index in [1.54, 1.807) is 11.3 Å². The molecular formula is C38H44N4O2S. The van der Waals surface area contributed by atoms with Gasteiger partial charge < -0.3 is 20.0 Å². The Morgan fingerprint density at radius 2 is 0.956 bits per heavy atom. The van der Waals surface area contributed by atoms with E-state index < -0.39 is 12.2 Å². The maximum Gasteiger partial charge on any atom is 0.0982 e. The Bertz CT molecular complexity index is 1420. The first kappa shape index (κ1) is 30.2. The SMILES string of the molecule is OC(c1ccc(C(O)C2C=CC=C2CN2CCN(c3ccccc3)CC2)s1)C1C=CC=C1CN1CCN(c2ccccc2)CC1. The summed E-state index contributed by atoms with van der Waals surface area (Å²) < 4.78 is 0. The maximum atomic E-state index is 11.5. The highest BCUT2D eigenvalue weighted by atomic mass is 32.1. The molecule has 0 spiro atoms. The van der Waals surface area contributed by atoms with Crippen LogP contribution >= 0.6 is 11.3 Å². The average molecular weight is 621 g/mol. The van der Waals surface area contributed by atoms with Crippen molar-refractivity contribution in [2.45, 2.75) is 12.2 Å². The summed E-state index contributed by atoms with van der Waals surface area (Å²) >= 11 is 1.55. The van der Waals surface area contributed by atoms with Crippen LogP contribution in [0.3, 0.4) is 0 Å². The number of nitrogens with zero attached hydrogens (tertiary/aromatic N) is 4. The Kier molecular flexibility index (Phi) is 9.33. The third-order valence-electron chi connectivity index (χ3n) is 9.82. The van der Waals surface area contributed by atoms with E-state index in [0.29, 0.717) is 0 Å². The van der Waals surface area contributed by atoms with E-state index in [2.05, 4.69) is 117 Å². The monoisotopic (exact) mass is 620 g/mol. The van der Waals surface area contributed by atoms with Crippen molar-refractivity contribution in [1.82, 2.24) is 9.80 Å². The molecule has 0 amide bonds. The van der Waals surface area contributed by atoms with Gasteiger partial charge >= 0.3 is 0 Å². The number of piperazine rings is 2. The van der Waals surface area contributed by atoms with Gasteiger partial charge in [-0.15, -0.1) is 11.3 Å². The van der Waals surface area contributed by atoms with Crippen molar-refractivity contribution in [2.24, 2.45) is 11.8 Å². The first-order valence-electron chi connectivity index (χ1n) is 16.4. The topological polar surface area (TPSA) is 53.4 Å². The molecule has 2 N–H and O–H groups in total. The van der Waals surface area contributed by atoms with Gasteiger partial charge in [-0.2, -0.15) is 0 Å². The van der Waals surface area contributed by atoms with E-state index in [0.717, 1.165) is 75.2 Å². The molecule has 7 heteroatoms. The van der Waals surface area contributed by atoms with Crippen LogP contribution in [0.4, 0.5) is 11.4 Å². The smallest absolute Gasteiger partial charge is 0.0982 e. The number of para-hydroxylation sites is 2. The second kappa shape index (κ2) is 13.9. The summed E-state index contributed by atoms with van der Waals surface area (Å²) in [5.74, 6) is -0.0608. The lowest BCUT2D eigenvalue weighted by atomic mass is 9.94. The number of benzene rings is 2. The van der Waals surface area contributed by atoms with Gasteiger partial charge in [0.05, 0.1) is 12.2 Å². The minimum absolute atomic E-state index is 0.0304. The second-order valence-corrected chi connectivity index (χ2v) is 13.8. The number of hydrogen-bond donors (Lipinski definition) is 2. The minimum atomic E-state index is -0.610. The van der Waals surface area contributed by atoms with Crippen molar-refractivity contribution in [3.8, 4) is 0 Å². The summed E-state index contributed by atoms with van der Waals surface area (Å²) in [5.41, 5.74) is 5.12. The molecule has 2 aromatic carbocycles. The third-order valence-corrected chi connectivity index (χ3v) is 11.1. The molecule has 2 aliphatic carbocycles. The molecule has 45 heavy (non-hydrogen) atoms. The zero-order valence-electron chi connectivity index (χ0n) is 25.9. The van der Waals surface area contributed by atoms with Gasteiger partial charge in [-0.3, -0.25) is 9.80 Å². The molecule has 4 unspecified atom stereocenters. The first-order chi connectivity index (χ1) is 22.1. The summed E-state index contributed by atoms with van der Waals surface area (Å²) in [6.45, 7) is 9.85. The largest absolute Gasteiger partial charge is 0.387 e. The Hall–Kier alpha value is -3.46. The fourth-order valence-corrected chi connectivity index (χ4v) is 8.24. The summed E-state index contributed by atoms with van der Waals surface area (Å²) in [5, 5.41) is 23.0. The van der Waals surface area contributed by atoms with Crippen LogP contribution in [-0.4, -0.2) is 85.5 Å². The quantitative estimate of drug-likeness (QED) is 0.304. The summed E-state index contributed by atoms with van der Waals surface area (Å²) in [6.07, 6.45) is 11.6. The highest BCUT2D eigenvalue weighted by Gasteiger charge is 2.31. The fraction of sp³-hybridized carbons (Fsp3) is 0.368. The van der Waals surface area contributed by atoms with E-state index in [1.807, 2.05) is 12.1 Å².